The molecule has 1 aromatic rings. The molecule has 0 unspecified atom stereocenters. The normalized spacial score (nSPS) is 10.4. The fourth-order valence-corrected chi connectivity index (χ4v) is 2.26. The van der Waals surface area contributed by atoms with E-state index >= 15 is 0 Å². The summed E-state index contributed by atoms with van der Waals surface area (Å²) >= 11 is 1.25. The highest BCUT2D eigenvalue weighted by atomic mass is 32.1. The molecule has 0 aromatic carbocycles. The van der Waals surface area contributed by atoms with Crippen molar-refractivity contribution in [3.8, 4) is 0 Å². The number of esters is 1. The summed E-state index contributed by atoms with van der Waals surface area (Å²) in [5, 5.41) is 11.2. The first kappa shape index (κ1) is 14.9. The molecule has 0 radical (unpaired) electrons. The number of aryl methyl sites for hydroxylation is 1. The summed E-state index contributed by atoms with van der Waals surface area (Å²) in [7, 11) is 1.25. The molecule has 19 heavy (non-hydrogen) atoms. The molecule has 1 aromatic heterocycles. The maximum atomic E-state index is 11.5. The first-order chi connectivity index (χ1) is 8.97. The molecule has 1 heterocycles. The minimum atomic E-state index is -1.22. The number of anilines is 1. The van der Waals surface area contributed by atoms with Crippen LogP contribution >= 0.6 is 11.3 Å². The lowest BCUT2D eigenvalue weighted by atomic mass is 10.2. The Labute approximate surface area is 113 Å². The molecule has 0 aliphatic rings. The molecule has 0 aliphatic heterocycles. The zero-order chi connectivity index (χ0) is 14.4. The van der Waals surface area contributed by atoms with Crippen molar-refractivity contribution in [1.82, 2.24) is 0 Å². The van der Waals surface area contributed by atoms with Crippen molar-refractivity contribution >= 4 is 34.2 Å². The van der Waals surface area contributed by atoms with Crippen LogP contribution in [-0.2, 0) is 20.7 Å². The Hall–Kier alpha value is -2.15. The predicted molar refractivity (Wildman–Crippen MR) is 70.4 cm³/mol. The van der Waals surface area contributed by atoms with Gasteiger partial charge >= 0.3 is 11.9 Å². The van der Waals surface area contributed by atoms with Gasteiger partial charge in [-0.05, 0) is 12.5 Å². The Balaban J connectivity index is 2.93. The van der Waals surface area contributed by atoms with Gasteiger partial charge in [0, 0.05) is 17.0 Å². The van der Waals surface area contributed by atoms with Crippen molar-refractivity contribution in [3.63, 3.8) is 0 Å². The number of carboxylic acids is 1. The van der Waals surface area contributed by atoms with Gasteiger partial charge in [-0.2, -0.15) is 0 Å². The average Bonchev–Trinajstić information content (AvgIpc) is 2.78. The number of rotatable bonds is 5. The highest BCUT2D eigenvalue weighted by Crippen LogP contribution is 2.29. The van der Waals surface area contributed by atoms with Crippen LogP contribution in [0.25, 0.3) is 0 Å². The second-order valence-electron chi connectivity index (χ2n) is 3.46. The van der Waals surface area contributed by atoms with Gasteiger partial charge in [0.2, 0.25) is 5.91 Å². The summed E-state index contributed by atoms with van der Waals surface area (Å²) in [6, 6.07) is 1.65. The Morgan fingerprint density at radius 1 is 1.42 bits per heavy atom. The molecule has 0 fully saturated rings. The minimum absolute atomic E-state index is 0.265. The Kier molecular flexibility index (Phi) is 5.25. The second kappa shape index (κ2) is 6.69. The molecule has 0 bridgehead atoms. The molecule has 2 N–H and O–H groups in total. The molecule has 1 amide bonds. The maximum Gasteiger partial charge on any atom is 0.340 e. The highest BCUT2D eigenvalue weighted by Gasteiger charge is 2.17. The largest absolute Gasteiger partial charge is 0.478 e. The summed E-state index contributed by atoms with van der Waals surface area (Å²) < 4.78 is 4.62. The number of carboxylic acid groups (broad SMARTS) is 1. The molecular formula is C12H13NO5S. The Bertz CT molecular complexity index is 532. The van der Waals surface area contributed by atoms with Crippen molar-refractivity contribution in [2.75, 3.05) is 12.4 Å². The summed E-state index contributed by atoms with van der Waals surface area (Å²) in [5.41, 5.74) is 0.265. The van der Waals surface area contributed by atoms with Crippen molar-refractivity contribution in [2.24, 2.45) is 0 Å². The zero-order valence-corrected chi connectivity index (χ0v) is 11.2. The van der Waals surface area contributed by atoms with E-state index in [1.807, 2.05) is 6.92 Å². The van der Waals surface area contributed by atoms with Crippen LogP contribution in [0.2, 0.25) is 0 Å². The molecular weight excluding hydrogens is 270 g/mol. The van der Waals surface area contributed by atoms with Crippen molar-refractivity contribution in [3.05, 3.63) is 28.7 Å². The summed E-state index contributed by atoms with van der Waals surface area (Å²) in [6.45, 7) is 1.92. The summed E-state index contributed by atoms with van der Waals surface area (Å²) in [5.74, 6) is -2.38. The van der Waals surface area contributed by atoms with Gasteiger partial charge in [0.15, 0.2) is 0 Å². The predicted octanol–water partition coefficient (Wildman–Crippen LogP) is 1.68. The van der Waals surface area contributed by atoms with E-state index < -0.39 is 17.8 Å². The molecule has 0 atom stereocenters. The minimum Gasteiger partial charge on any atom is -0.478 e. The SMILES string of the molecule is CCc1cc(C(=O)OC)c(NC(=O)/C=C\C(=O)O)s1. The van der Waals surface area contributed by atoms with Gasteiger partial charge < -0.3 is 15.2 Å². The molecule has 0 aliphatic carbocycles. The monoisotopic (exact) mass is 283 g/mol. The zero-order valence-electron chi connectivity index (χ0n) is 10.4. The van der Waals surface area contributed by atoms with Crippen LogP contribution < -0.4 is 5.32 Å². The molecule has 0 saturated heterocycles. The molecule has 1 rings (SSSR count). The van der Waals surface area contributed by atoms with Crippen molar-refractivity contribution in [1.29, 1.82) is 0 Å². The van der Waals surface area contributed by atoms with Crippen LogP contribution in [0, 0.1) is 0 Å². The van der Waals surface area contributed by atoms with E-state index in [0.29, 0.717) is 5.00 Å². The number of hydrogen-bond donors (Lipinski definition) is 2. The lowest BCUT2D eigenvalue weighted by Crippen LogP contribution is -2.11. The molecule has 0 spiro atoms. The van der Waals surface area contributed by atoms with Crippen LogP contribution in [0.3, 0.4) is 0 Å². The number of carbonyl (C=O) groups excluding carboxylic acids is 2. The van der Waals surface area contributed by atoms with Crippen LogP contribution in [0.5, 0.6) is 0 Å². The number of ether oxygens (including phenoxy) is 1. The topological polar surface area (TPSA) is 92.7 Å². The number of methoxy groups -OCH3 is 1. The second-order valence-corrected chi connectivity index (χ2v) is 4.60. The van der Waals surface area contributed by atoms with E-state index in [1.54, 1.807) is 6.07 Å². The molecule has 7 heteroatoms. The number of thiophene rings is 1. The van der Waals surface area contributed by atoms with Gasteiger partial charge in [-0.3, -0.25) is 4.79 Å². The van der Waals surface area contributed by atoms with E-state index in [4.69, 9.17) is 5.11 Å². The lowest BCUT2D eigenvalue weighted by molar-refractivity contribution is -0.131. The van der Waals surface area contributed by atoms with Crippen molar-refractivity contribution in [2.45, 2.75) is 13.3 Å². The van der Waals surface area contributed by atoms with E-state index in [1.165, 1.54) is 18.4 Å². The molecule has 6 nitrogen and oxygen atoms in total. The third-order valence-corrected chi connectivity index (χ3v) is 3.35. The van der Waals surface area contributed by atoms with E-state index in [9.17, 15) is 14.4 Å². The molecule has 102 valence electrons. The number of nitrogens with one attached hydrogen (secondary N) is 1. The van der Waals surface area contributed by atoms with Gasteiger partial charge in [0.05, 0.1) is 12.7 Å². The van der Waals surface area contributed by atoms with Crippen LogP contribution in [0.1, 0.15) is 22.2 Å². The quantitative estimate of drug-likeness (QED) is 0.633. The van der Waals surface area contributed by atoms with Gasteiger partial charge in [0.1, 0.15) is 5.00 Å². The van der Waals surface area contributed by atoms with Gasteiger partial charge in [-0.15, -0.1) is 11.3 Å². The first-order valence-corrected chi connectivity index (χ1v) is 6.22. The number of aliphatic carboxylic acids is 1. The summed E-state index contributed by atoms with van der Waals surface area (Å²) in [4.78, 5) is 34.2. The maximum absolute atomic E-state index is 11.5. The first-order valence-electron chi connectivity index (χ1n) is 5.41. The van der Waals surface area contributed by atoms with Crippen LogP contribution in [0.15, 0.2) is 18.2 Å². The van der Waals surface area contributed by atoms with Gasteiger partial charge in [-0.1, -0.05) is 6.92 Å². The van der Waals surface area contributed by atoms with Gasteiger partial charge in [0.25, 0.3) is 0 Å². The van der Waals surface area contributed by atoms with Crippen molar-refractivity contribution < 1.29 is 24.2 Å². The highest BCUT2D eigenvalue weighted by molar-refractivity contribution is 7.16. The van der Waals surface area contributed by atoms with Crippen LogP contribution in [0.4, 0.5) is 5.00 Å². The van der Waals surface area contributed by atoms with E-state index in [0.717, 1.165) is 23.5 Å². The number of amides is 1. The fourth-order valence-electron chi connectivity index (χ4n) is 1.27. The lowest BCUT2D eigenvalue weighted by Gasteiger charge is -2.01. The Morgan fingerprint density at radius 2 is 2.11 bits per heavy atom. The third kappa shape index (κ3) is 4.22. The number of hydrogen-bond acceptors (Lipinski definition) is 5. The fraction of sp³-hybridized carbons (Fsp3) is 0.250. The van der Waals surface area contributed by atoms with E-state index in [-0.39, 0.29) is 5.56 Å². The van der Waals surface area contributed by atoms with E-state index in [2.05, 4.69) is 10.1 Å². The third-order valence-electron chi connectivity index (χ3n) is 2.15. The summed E-state index contributed by atoms with van der Waals surface area (Å²) in [6.07, 6.45) is 2.33. The smallest absolute Gasteiger partial charge is 0.340 e. The molecule has 0 saturated carbocycles. The standard InChI is InChI=1S/C12H13NO5S/c1-3-7-6-8(12(17)18-2)11(19-7)13-9(14)4-5-10(15)16/h4-6H,3H2,1-2H3,(H,13,14)(H,15,16)/b5-4-. The number of carbonyl (C=O) groups is 3. The van der Waals surface area contributed by atoms with Gasteiger partial charge in [-0.25, -0.2) is 9.59 Å². The van der Waals surface area contributed by atoms with Crippen LogP contribution in [-0.4, -0.2) is 30.1 Å². The Morgan fingerprint density at radius 3 is 2.63 bits per heavy atom. The average molecular weight is 283 g/mol.